The summed E-state index contributed by atoms with van der Waals surface area (Å²) in [6, 6.07) is 15.9. The fraction of sp³-hybridized carbons (Fsp3) is 0.118. The van der Waals surface area contributed by atoms with Gasteiger partial charge in [0.05, 0.1) is 12.7 Å². The Morgan fingerprint density at radius 2 is 1.80 bits per heavy atom. The molecule has 20 heavy (non-hydrogen) atoms. The summed E-state index contributed by atoms with van der Waals surface area (Å²) in [5.74, 6) is -0.321. The molecular formula is C17H15NO2. The standard InChI is InChI=1S/C17H15NO2/c1-11-3-5-12(6-4-11)15-9-13-7-8-14(17(19)20-2)10-16(13)18-15/h3-10,18H,1-2H3. The van der Waals surface area contributed by atoms with E-state index in [2.05, 4.69) is 42.2 Å². The number of H-pyrrole nitrogens is 1. The van der Waals surface area contributed by atoms with Crippen molar-refractivity contribution in [1.82, 2.24) is 4.98 Å². The Bertz CT molecular complexity index is 769. The summed E-state index contributed by atoms with van der Waals surface area (Å²) in [5.41, 5.74) is 4.90. The molecular weight excluding hydrogens is 250 g/mol. The van der Waals surface area contributed by atoms with Gasteiger partial charge in [0.1, 0.15) is 0 Å². The topological polar surface area (TPSA) is 42.1 Å². The van der Waals surface area contributed by atoms with Gasteiger partial charge in [0, 0.05) is 16.6 Å². The van der Waals surface area contributed by atoms with Gasteiger partial charge in [-0.1, -0.05) is 35.9 Å². The van der Waals surface area contributed by atoms with Crippen LogP contribution in [-0.4, -0.2) is 18.1 Å². The normalized spacial score (nSPS) is 10.7. The van der Waals surface area contributed by atoms with E-state index in [1.807, 2.05) is 12.1 Å². The first kappa shape index (κ1) is 12.5. The maximum Gasteiger partial charge on any atom is 0.337 e. The van der Waals surface area contributed by atoms with E-state index < -0.39 is 0 Å². The molecule has 3 nitrogen and oxygen atoms in total. The lowest BCUT2D eigenvalue weighted by molar-refractivity contribution is 0.0601. The fourth-order valence-electron chi connectivity index (χ4n) is 2.26. The Balaban J connectivity index is 2.06. The number of hydrogen-bond donors (Lipinski definition) is 1. The van der Waals surface area contributed by atoms with Crippen LogP contribution in [0.25, 0.3) is 22.2 Å². The highest BCUT2D eigenvalue weighted by molar-refractivity contribution is 5.95. The Morgan fingerprint density at radius 1 is 1.05 bits per heavy atom. The zero-order chi connectivity index (χ0) is 14.1. The molecule has 1 N–H and O–H groups in total. The van der Waals surface area contributed by atoms with Crippen molar-refractivity contribution in [1.29, 1.82) is 0 Å². The molecule has 0 atom stereocenters. The summed E-state index contributed by atoms with van der Waals surface area (Å²) in [7, 11) is 1.39. The van der Waals surface area contributed by atoms with Gasteiger partial charge >= 0.3 is 5.97 Å². The van der Waals surface area contributed by atoms with Crippen LogP contribution in [0.1, 0.15) is 15.9 Å². The highest BCUT2D eigenvalue weighted by Gasteiger charge is 2.08. The first-order valence-corrected chi connectivity index (χ1v) is 6.45. The number of aromatic amines is 1. The van der Waals surface area contributed by atoms with Gasteiger partial charge in [0.25, 0.3) is 0 Å². The van der Waals surface area contributed by atoms with Crippen molar-refractivity contribution < 1.29 is 9.53 Å². The van der Waals surface area contributed by atoms with Gasteiger partial charge in [-0.2, -0.15) is 0 Å². The van der Waals surface area contributed by atoms with Crippen molar-refractivity contribution in [3.05, 3.63) is 59.7 Å². The molecule has 2 aromatic carbocycles. The second kappa shape index (κ2) is 4.85. The van der Waals surface area contributed by atoms with Crippen LogP contribution in [0.2, 0.25) is 0 Å². The van der Waals surface area contributed by atoms with Crippen molar-refractivity contribution >= 4 is 16.9 Å². The maximum absolute atomic E-state index is 11.5. The van der Waals surface area contributed by atoms with Gasteiger partial charge in [-0.05, 0) is 30.7 Å². The molecule has 0 unspecified atom stereocenters. The minimum absolute atomic E-state index is 0.321. The summed E-state index contributed by atoms with van der Waals surface area (Å²) in [5, 5.41) is 1.08. The quantitative estimate of drug-likeness (QED) is 0.713. The molecule has 1 aromatic heterocycles. The second-order valence-corrected chi connectivity index (χ2v) is 4.84. The number of nitrogens with one attached hydrogen (secondary N) is 1. The lowest BCUT2D eigenvalue weighted by Crippen LogP contribution is -2.00. The summed E-state index contributed by atoms with van der Waals surface area (Å²) >= 11 is 0. The lowest BCUT2D eigenvalue weighted by atomic mass is 10.1. The van der Waals surface area contributed by atoms with E-state index in [1.54, 1.807) is 6.07 Å². The SMILES string of the molecule is COC(=O)c1ccc2cc(-c3ccc(C)cc3)[nH]c2c1. The van der Waals surface area contributed by atoms with Gasteiger partial charge in [-0.25, -0.2) is 4.79 Å². The van der Waals surface area contributed by atoms with Crippen LogP contribution in [-0.2, 0) is 4.74 Å². The Labute approximate surface area is 117 Å². The Morgan fingerprint density at radius 3 is 2.50 bits per heavy atom. The molecule has 0 saturated heterocycles. The van der Waals surface area contributed by atoms with Crippen LogP contribution in [0.15, 0.2) is 48.5 Å². The third-order valence-electron chi connectivity index (χ3n) is 3.41. The van der Waals surface area contributed by atoms with Crippen LogP contribution in [0.3, 0.4) is 0 Å². The molecule has 0 amide bonds. The smallest absolute Gasteiger partial charge is 0.337 e. The molecule has 3 rings (SSSR count). The average molecular weight is 265 g/mol. The number of carbonyl (C=O) groups is 1. The molecule has 0 bridgehead atoms. The number of esters is 1. The molecule has 0 aliphatic rings. The van der Waals surface area contributed by atoms with Crippen molar-refractivity contribution in [3.8, 4) is 11.3 Å². The molecule has 0 aliphatic heterocycles. The third-order valence-corrected chi connectivity index (χ3v) is 3.41. The maximum atomic E-state index is 11.5. The first-order chi connectivity index (χ1) is 9.67. The highest BCUT2D eigenvalue weighted by Crippen LogP contribution is 2.25. The van der Waals surface area contributed by atoms with E-state index in [4.69, 9.17) is 4.74 Å². The van der Waals surface area contributed by atoms with Gasteiger partial charge in [0.15, 0.2) is 0 Å². The second-order valence-electron chi connectivity index (χ2n) is 4.84. The number of hydrogen-bond acceptors (Lipinski definition) is 2. The number of benzene rings is 2. The first-order valence-electron chi connectivity index (χ1n) is 6.45. The van der Waals surface area contributed by atoms with Crippen molar-refractivity contribution in [2.24, 2.45) is 0 Å². The van der Waals surface area contributed by atoms with Gasteiger partial charge in [-0.15, -0.1) is 0 Å². The number of aromatic nitrogens is 1. The zero-order valence-electron chi connectivity index (χ0n) is 11.4. The van der Waals surface area contributed by atoms with E-state index in [-0.39, 0.29) is 5.97 Å². The lowest BCUT2D eigenvalue weighted by Gasteiger charge is -1.99. The van der Waals surface area contributed by atoms with E-state index >= 15 is 0 Å². The number of aryl methyl sites for hydroxylation is 1. The third kappa shape index (κ3) is 2.18. The van der Waals surface area contributed by atoms with Gasteiger partial charge < -0.3 is 9.72 Å². The summed E-state index contributed by atoms with van der Waals surface area (Å²) < 4.78 is 4.74. The number of fused-ring (bicyclic) bond motifs is 1. The number of ether oxygens (including phenoxy) is 1. The molecule has 0 spiro atoms. The molecule has 0 fully saturated rings. The highest BCUT2D eigenvalue weighted by atomic mass is 16.5. The average Bonchev–Trinajstić information content (AvgIpc) is 2.90. The number of rotatable bonds is 2. The fourth-order valence-corrected chi connectivity index (χ4v) is 2.26. The van der Waals surface area contributed by atoms with Gasteiger partial charge in [0.2, 0.25) is 0 Å². The van der Waals surface area contributed by atoms with Crippen LogP contribution in [0.4, 0.5) is 0 Å². The molecule has 0 aliphatic carbocycles. The molecule has 0 saturated carbocycles. The van der Waals surface area contributed by atoms with E-state index in [1.165, 1.54) is 12.7 Å². The van der Waals surface area contributed by atoms with E-state index in [0.717, 1.165) is 22.2 Å². The molecule has 0 radical (unpaired) electrons. The molecule has 3 heteroatoms. The van der Waals surface area contributed by atoms with E-state index in [9.17, 15) is 4.79 Å². The summed E-state index contributed by atoms with van der Waals surface area (Å²) in [6.45, 7) is 2.07. The van der Waals surface area contributed by atoms with Gasteiger partial charge in [-0.3, -0.25) is 0 Å². The predicted molar refractivity (Wildman–Crippen MR) is 79.8 cm³/mol. The molecule has 1 heterocycles. The summed E-state index contributed by atoms with van der Waals surface area (Å²) in [6.07, 6.45) is 0. The Hall–Kier alpha value is -2.55. The minimum atomic E-state index is -0.321. The van der Waals surface area contributed by atoms with E-state index in [0.29, 0.717) is 5.56 Å². The van der Waals surface area contributed by atoms with Crippen LogP contribution >= 0.6 is 0 Å². The largest absolute Gasteiger partial charge is 0.465 e. The predicted octanol–water partition coefficient (Wildman–Crippen LogP) is 3.93. The van der Waals surface area contributed by atoms with Crippen LogP contribution in [0, 0.1) is 6.92 Å². The number of carbonyl (C=O) groups excluding carboxylic acids is 1. The van der Waals surface area contributed by atoms with Crippen LogP contribution < -0.4 is 0 Å². The molecule has 3 aromatic rings. The van der Waals surface area contributed by atoms with Crippen molar-refractivity contribution in [2.45, 2.75) is 6.92 Å². The van der Waals surface area contributed by atoms with Crippen molar-refractivity contribution in [2.75, 3.05) is 7.11 Å². The molecule has 100 valence electrons. The monoisotopic (exact) mass is 265 g/mol. The Kier molecular flexibility index (Phi) is 3.03. The minimum Gasteiger partial charge on any atom is -0.465 e. The number of methoxy groups -OCH3 is 1. The summed E-state index contributed by atoms with van der Waals surface area (Å²) in [4.78, 5) is 14.9. The van der Waals surface area contributed by atoms with Crippen LogP contribution in [0.5, 0.6) is 0 Å². The zero-order valence-corrected chi connectivity index (χ0v) is 11.4. The van der Waals surface area contributed by atoms with Crippen molar-refractivity contribution in [3.63, 3.8) is 0 Å².